The van der Waals surface area contributed by atoms with Crippen LogP contribution in [0.1, 0.15) is 0 Å². The Labute approximate surface area is 130 Å². The Morgan fingerprint density at radius 2 is 0.913 bits per heavy atom. The smallest absolute Gasteiger partial charge is 0.189 e. The standard InChI is InChI=1S/C12H22O11/c13-1-3-5(15)7(17)9(19)11(21-3)23-12-10(20)8(18)6(16)4(2-14)22-12/h3-20H,1-2H2/t3-,4-,5-,6+,7+,8+,9-,10-,11+,12+/m1/s1. The highest BCUT2D eigenvalue weighted by atomic mass is 16.8. The zero-order chi connectivity index (χ0) is 17.3. The van der Waals surface area contributed by atoms with Crippen molar-refractivity contribution in [2.75, 3.05) is 13.2 Å². The fourth-order valence-corrected chi connectivity index (χ4v) is 2.49. The summed E-state index contributed by atoms with van der Waals surface area (Å²) in [4.78, 5) is 0. The first kappa shape index (κ1) is 18.9. The van der Waals surface area contributed by atoms with Gasteiger partial charge in [0.25, 0.3) is 0 Å². The van der Waals surface area contributed by atoms with Crippen LogP contribution in [0.5, 0.6) is 0 Å². The molecular weight excluding hydrogens is 320 g/mol. The van der Waals surface area contributed by atoms with E-state index in [1.54, 1.807) is 0 Å². The molecule has 2 saturated heterocycles. The predicted octanol–water partition coefficient (Wildman–Crippen LogP) is -5.40. The third-order valence-electron chi connectivity index (χ3n) is 3.97. The largest absolute Gasteiger partial charge is 0.394 e. The van der Waals surface area contributed by atoms with Gasteiger partial charge in [0, 0.05) is 0 Å². The van der Waals surface area contributed by atoms with Gasteiger partial charge in [-0.25, -0.2) is 0 Å². The molecule has 0 bridgehead atoms. The van der Waals surface area contributed by atoms with Gasteiger partial charge in [-0.1, -0.05) is 0 Å². The third kappa shape index (κ3) is 3.65. The van der Waals surface area contributed by atoms with Crippen LogP contribution in [0, 0.1) is 0 Å². The lowest BCUT2D eigenvalue weighted by Crippen LogP contribution is -2.63. The maximum atomic E-state index is 9.84. The Kier molecular flexibility index (Phi) is 6.27. The first-order valence-electron chi connectivity index (χ1n) is 7.08. The van der Waals surface area contributed by atoms with Crippen molar-refractivity contribution in [2.45, 2.75) is 61.4 Å². The molecule has 0 unspecified atom stereocenters. The predicted molar refractivity (Wildman–Crippen MR) is 68.6 cm³/mol. The SMILES string of the molecule is OC[C@H]1O[C@@H](O[C@@H]2O[C@H](CO)[C@@H](O)[C@H](O)[C@H]2O)[C@H](O)[C@@H](O)[C@H]1O. The molecule has 0 saturated carbocycles. The molecule has 11 nitrogen and oxygen atoms in total. The van der Waals surface area contributed by atoms with Gasteiger partial charge < -0.3 is 55.1 Å². The van der Waals surface area contributed by atoms with Crippen molar-refractivity contribution in [3.05, 3.63) is 0 Å². The highest BCUT2D eigenvalue weighted by Gasteiger charge is 2.49. The molecule has 0 aromatic rings. The lowest BCUT2D eigenvalue weighted by atomic mass is 9.98. The van der Waals surface area contributed by atoms with Crippen molar-refractivity contribution in [2.24, 2.45) is 0 Å². The topological polar surface area (TPSA) is 190 Å². The molecule has 2 aliphatic heterocycles. The Hall–Kier alpha value is -0.440. The van der Waals surface area contributed by atoms with E-state index >= 15 is 0 Å². The zero-order valence-electron chi connectivity index (χ0n) is 12.0. The number of aliphatic hydroxyl groups is 8. The maximum Gasteiger partial charge on any atom is 0.189 e. The summed E-state index contributed by atoms with van der Waals surface area (Å²) in [5, 5.41) is 76.4. The van der Waals surface area contributed by atoms with Gasteiger partial charge >= 0.3 is 0 Å². The maximum absolute atomic E-state index is 9.84. The molecule has 0 aromatic heterocycles. The van der Waals surface area contributed by atoms with Gasteiger partial charge in [0.05, 0.1) is 13.2 Å². The van der Waals surface area contributed by atoms with Gasteiger partial charge in [0.1, 0.15) is 48.8 Å². The van der Waals surface area contributed by atoms with Gasteiger partial charge in [-0.3, -0.25) is 0 Å². The molecule has 11 heteroatoms. The fourth-order valence-electron chi connectivity index (χ4n) is 2.49. The molecule has 2 fully saturated rings. The van der Waals surface area contributed by atoms with Gasteiger partial charge in [0.15, 0.2) is 12.6 Å². The van der Waals surface area contributed by atoms with E-state index in [9.17, 15) is 30.6 Å². The summed E-state index contributed by atoms with van der Waals surface area (Å²) in [5.41, 5.74) is 0. The lowest BCUT2D eigenvalue weighted by molar-refractivity contribution is -0.376. The van der Waals surface area contributed by atoms with Crippen molar-refractivity contribution >= 4 is 0 Å². The molecule has 0 radical (unpaired) electrons. The lowest BCUT2D eigenvalue weighted by Gasteiger charge is -2.44. The normalized spacial score (nSPS) is 51.7. The molecule has 0 amide bonds. The molecular formula is C12H22O11. The van der Waals surface area contributed by atoms with Crippen LogP contribution in [0.3, 0.4) is 0 Å². The van der Waals surface area contributed by atoms with Crippen molar-refractivity contribution in [1.29, 1.82) is 0 Å². The highest BCUT2D eigenvalue weighted by molar-refractivity contribution is 4.92. The quantitative estimate of drug-likeness (QED) is 0.243. The van der Waals surface area contributed by atoms with Crippen LogP contribution < -0.4 is 0 Å². The molecule has 23 heavy (non-hydrogen) atoms. The van der Waals surface area contributed by atoms with Crippen molar-refractivity contribution in [1.82, 2.24) is 0 Å². The summed E-state index contributed by atoms with van der Waals surface area (Å²) >= 11 is 0. The Balaban J connectivity index is 2.07. The van der Waals surface area contributed by atoms with Crippen molar-refractivity contribution < 1.29 is 55.1 Å². The molecule has 8 N–H and O–H groups in total. The van der Waals surface area contributed by atoms with Crippen LogP contribution >= 0.6 is 0 Å². The summed E-state index contributed by atoms with van der Waals surface area (Å²) < 4.78 is 15.3. The number of hydrogen-bond acceptors (Lipinski definition) is 11. The minimum Gasteiger partial charge on any atom is -0.394 e. The van der Waals surface area contributed by atoms with Crippen LogP contribution in [0.2, 0.25) is 0 Å². The molecule has 0 aliphatic carbocycles. The number of ether oxygens (including phenoxy) is 3. The molecule has 0 spiro atoms. The Morgan fingerprint density at radius 3 is 1.22 bits per heavy atom. The zero-order valence-corrected chi connectivity index (χ0v) is 12.0. The van der Waals surface area contributed by atoms with E-state index in [4.69, 9.17) is 24.4 Å². The molecule has 136 valence electrons. The summed E-state index contributed by atoms with van der Waals surface area (Å²) in [6, 6.07) is 0. The summed E-state index contributed by atoms with van der Waals surface area (Å²) in [6.07, 6.45) is -15.6. The molecule has 2 aliphatic rings. The summed E-state index contributed by atoms with van der Waals surface area (Å²) in [5.74, 6) is 0. The second kappa shape index (κ2) is 7.63. The monoisotopic (exact) mass is 342 g/mol. The molecule has 10 atom stereocenters. The molecule has 2 heterocycles. The third-order valence-corrected chi connectivity index (χ3v) is 3.97. The highest BCUT2D eigenvalue weighted by Crippen LogP contribution is 2.27. The van der Waals surface area contributed by atoms with E-state index < -0.39 is 74.6 Å². The summed E-state index contributed by atoms with van der Waals surface area (Å²) in [6.45, 7) is -1.33. The summed E-state index contributed by atoms with van der Waals surface area (Å²) in [7, 11) is 0. The van der Waals surface area contributed by atoms with Gasteiger partial charge in [-0.05, 0) is 0 Å². The van der Waals surface area contributed by atoms with Crippen molar-refractivity contribution in [3.8, 4) is 0 Å². The number of aliphatic hydroxyl groups excluding tert-OH is 8. The van der Waals surface area contributed by atoms with Crippen molar-refractivity contribution in [3.63, 3.8) is 0 Å². The van der Waals surface area contributed by atoms with Gasteiger partial charge in [-0.15, -0.1) is 0 Å². The van der Waals surface area contributed by atoms with E-state index in [0.29, 0.717) is 0 Å². The van der Waals surface area contributed by atoms with E-state index in [0.717, 1.165) is 0 Å². The average molecular weight is 342 g/mol. The second-order valence-electron chi connectivity index (χ2n) is 5.53. The minimum atomic E-state index is -1.72. The van der Waals surface area contributed by atoms with Crippen LogP contribution in [-0.4, -0.2) is 115 Å². The van der Waals surface area contributed by atoms with E-state index in [1.165, 1.54) is 0 Å². The van der Waals surface area contributed by atoms with Crippen LogP contribution in [-0.2, 0) is 14.2 Å². The van der Waals surface area contributed by atoms with Crippen LogP contribution in [0.25, 0.3) is 0 Å². The fraction of sp³-hybridized carbons (Fsp3) is 1.00. The number of rotatable bonds is 4. The molecule has 0 aromatic carbocycles. The van der Waals surface area contributed by atoms with E-state index in [-0.39, 0.29) is 0 Å². The molecule has 2 rings (SSSR count). The second-order valence-corrected chi connectivity index (χ2v) is 5.53. The Bertz CT molecular complexity index is 344. The van der Waals surface area contributed by atoms with Crippen LogP contribution in [0.15, 0.2) is 0 Å². The van der Waals surface area contributed by atoms with Crippen LogP contribution in [0.4, 0.5) is 0 Å². The number of hydrogen-bond donors (Lipinski definition) is 8. The van der Waals surface area contributed by atoms with Gasteiger partial charge in [0.2, 0.25) is 0 Å². The van der Waals surface area contributed by atoms with Gasteiger partial charge in [-0.2, -0.15) is 0 Å². The first-order chi connectivity index (χ1) is 10.8. The average Bonchev–Trinajstić information content (AvgIpc) is 2.55. The Morgan fingerprint density at radius 1 is 0.565 bits per heavy atom. The van der Waals surface area contributed by atoms with E-state index in [1.807, 2.05) is 0 Å². The van der Waals surface area contributed by atoms with E-state index in [2.05, 4.69) is 0 Å². The minimum absolute atomic E-state index is 0.667. The first-order valence-corrected chi connectivity index (χ1v) is 7.08.